The molecule has 0 heterocycles. The molecule has 0 aliphatic heterocycles. The number of carbonyl (C=O) groups excluding carboxylic acids is 2. The first-order valence-corrected chi connectivity index (χ1v) is 6.41. The first-order valence-electron chi connectivity index (χ1n) is 5.54. The van der Waals surface area contributed by atoms with Gasteiger partial charge in [-0.3, -0.25) is 10.1 Å². The summed E-state index contributed by atoms with van der Waals surface area (Å²) in [6, 6.07) is 5.34. The molecule has 0 spiro atoms. The first kappa shape index (κ1) is 14.5. The van der Waals surface area contributed by atoms with E-state index in [0.29, 0.717) is 6.54 Å². The fourth-order valence-corrected chi connectivity index (χ4v) is 2.06. The molecule has 0 aliphatic rings. The van der Waals surface area contributed by atoms with Gasteiger partial charge in [-0.25, -0.2) is 9.18 Å². The molecular formula is C12H15FN2O2S. The summed E-state index contributed by atoms with van der Waals surface area (Å²) in [6.07, 6.45) is 0. The van der Waals surface area contributed by atoms with Gasteiger partial charge in [0.15, 0.2) is 0 Å². The lowest BCUT2D eigenvalue weighted by Crippen LogP contribution is -2.42. The van der Waals surface area contributed by atoms with Crippen molar-refractivity contribution in [1.82, 2.24) is 10.6 Å². The van der Waals surface area contributed by atoms with Crippen molar-refractivity contribution in [2.75, 3.05) is 6.54 Å². The third-order valence-corrected chi connectivity index (χ3v) is 3.18. The maximum Gasteiger partial charge on any atom is 0.321 e. The van der Waals surface area contributed by atoms with Gasteiger partial charge in [0.2, 0.25) is 5.91 Å². The van der Waals surface area contributed by atoms with Gasteiger partial charge in [0, 0.05) is 11.4 Å². The van der Waals surface area contributed by atoms with Crippen molar-refractivity contribution in [2.45, 2.75) is 24.0 Å². The van der Waals surface area contributed by atoms with Gasteiger partial charge in [0.1, 0.15) is 5.82 Å². The van der Waals surface area contributed by atoms with E-state index in [0.717, 1.165) is 4.90 Å². The number of amides is 3. The lowest BCUT2D eigenvalue weighted by atomic mass is 10.3. The minimum absolute atomic E-state index is 0.321. The Morgan fingerprint density at radius 2 is 1.94 bits per heavy atom. The predicted molar refractivity (Wildman–Crippen MR) is 68.9 cm³/mol. The lowest BCUT2D eigenvalue weighted by Gasteiger charge is -2.11. The molecule has 0 saturated carbocycles. The summed E-state index contributed by atoms with van der Waals surface area (Å²) in [6.45, 7) is 3.90. The maximum absolute atomic E-state index is 12.7. The minimum Gasteiger partial charge on any atom is -0.338 e. The molecule has 1 atom stereocenters. The van der Waals surface area contributed by atoms with Gasteiger partial charge >= 0.3 is 6.03 Å². The van der Waals surface area contributed by atoms with Crippen molar-refractivity contribution >= 4 is 23.7 Å². The van der Waals surface area contributed by atoms with Gasteiger partial charge in [-0.15, -0.1) is 11.8 Å². The van der Waals surface area contributed by atoms with Crippen LogP contribution in [0.25, 0.3) is 0 Å². The quantitative estimate of drug-likeness (QED) is 0.824. The molecule has 1 aromatic carbocycles. The van der Waals surface area contributed by atoms with Crippen molar-refractivity contribution in [3.05, 3.63) is 30.1 Å². The maximum atomic E-state index is 12.7. The molecule has 4 nitrogen and oxygen atoms in total. The molecule has 98 valence electrons. The number of hydrogen-bond donors (Lipinski definition) is 2. The molecule has 6 heteroatoms. The third kappa shape index (κ3) is 4.75. The molecule has 0 aliphatic carbocycles. The van der Waals surface area contributed by atoms with Gasteiger partial charge in [-0.1, -0.05) is 0 Å². The largest absolute Gasteiger partial charge is 0.338 e. The van der Waals surface area contributed by atoms with E-state index in [1.165, 1.54) is 23.9 Å². The zero-order valence-electron chi connectivity index (χ0n) is 10.2. The second-order valence-electron chi connectivity index (χ2n) is 3.56. The van der Waals surface area contributed by atoms with Gasteiger partial charge in [-0.2, -0.15) is 0 Å². The second-order valence-corrected chi connectivity index (χ2v) is 4.98. The summed E-state index contributed by atoms with van der Waals surface area (Å²) in [5.74, 6) is -0.700. The minimum atomic E-state index is -0.506. The SMILES string of the molecule is CCNC(=O)NC(=O)[C@@H](C)Sc1ccc(F)cc1. The zero-order chi connectivity index (χ0) is 13.5. The number of carbonyl (C=O) groups is 2. The molecule has 0 radical (unpaired) electrons. The fraction of sp³-hybridized carbons (Fsp3) is 0.333. The van der Waals surface area contributed by atoms with Crippen molar-refractivity contribution in [1.29, 1.82) is 0 Å². The number of hydrogen-bond acceptors (Lipinski definition) is 3. The van der Waals surface area contributed by atoms with Crippen LogP contribution in [0.2, 0.25) is 0 Å². The summed E-state index contributed by atoms with van der Waals surface area (Å²) in [5, 5.41) is 4.27. The van der Waals surface area contributed by atoms with Crippen LogP contribution >= 0.6 is 11.8 Å². The van der Waals surface area contributed by atoms with Crippen molar-refractivity contribution in [3.8, 4) is 0 Å². The van der Waals surface area contributed by atoms with E-state index in [-0.39, 0.29) is 11.7 Å². The number of rotatable bonds is 4. The topological polar surface area (TPSA) is 58.2 Å². The van der Waals surface area contributed by atoms with E-state index in [9.17, 15) is 14.0 Å². The van der Waals surface area contributed by atoms with E-state index >= 15 is 0 Å². The molecular weight excluding hydrogens is 255 g/mol. The van der Waals surface area contributed by atoms with Crippen LogP contribution in [0.5, 0.6) is 0 Å². The lowest BCUT2D eigenvalue weighted by molar-refractivity contribution is -0.119. The number of halogens is 1. The second kappa shape index (κ2) is 7.00. The van der Waals surface area contributed by atoms with E-state index < -0.39 is 11.3 Å². The standard InChI is InChI=1S/C12H15FN2O2S/c1-3-14-12(17)15-11(16)8(2)18-10-6-4-9(13)5-7-10/h4-8H,3H2,1-2H3,(H2,14,15,16,17)/t8-/m1/s1. The Hall–Kier alpha value is -1.56. The highest BCUT2D eigenvalue weighted by atomic mass is 32.2. The number of benzene rings is 1. The van der Waals surface area contributed by atoms with Crippen LogP contribution in [0.1, 0.15) is 13.8 Å². The van der Waals surface area contributed by atoms with E-state index in [1.807, 2.05) is 0 Å². The van der Waals surface area contributed by atoms with Gasteiger partial charge < -0.3 is 5.32 Å². The van der Waals surface area contributed by atoms with Crippen LogP contribution in [0, 0.1) is 5.82 Å². The summed E-state index contributed by atoms with van der Waals surface area (Å²) in [7, 11) is 0. The molecule has 0 fully saturated rings. The van der Waals surface area contributed by atoms with E-state index in [4.69, 9.17) is 0 Å². The molecule has 0 unspecified atom stereocenters. The van der Waals surface area contributed by atoms with E-state index in [1.54, 1.807) is 26.0 Å². The summed E-state index contributed by atoms with van der Waals surface area (Å²) >= 11 is 1.26. The van der Waals surface area contributed by atoms with Crippen LogP contribution in [0.15, 0.2) is 29.2 Å². The number of nitrogens with one attached hydrogen (secondary N) is 2. The van der Waals surface area contributed by atoms with E-state index in [2.05, 4.69) is 10.6 Å². The molecule has 0 bridgehead atoms. The first-order chi connectivity index (χ1) is 8.52. The highest BCUT2D eigenvalue weighted by Crippen LogP contribution is 2.23. The van der Waals surface area contributed by atoms with Crippen LogP contribution < -0.4 is 10.6 Å². The van der Waals surface area contributed by atoms with Crippen molar-refractivity contribution in [3.63, 3.8) is 0 Å². The Bertz CT molecular complexity index is 423. The van der Waals surface area contributed by atoms with Crippen LogP contribution in [-0.2, 0) is 4.79 Å². The number of urea groups is 1. The molecule has 0 saturated heterocycles. The molecule has 0 aromatic heterocycles. The highest BCUT2D eigenvalue weighted by molar-refractivity contribution is 8.00. The Kier molecular flexibility index (Phi) is 5.64. The smallest absolute Gasteiger partial charge is 0.321 e. The zero-order valence-corrected chi connectivity index (χ0v) is 11.0. The summed E-state index contributed by atoms with van der Waals surface area (Å²) in [5.41, 5.74) is 0. The summed E-state index contributed by atoms with van der Waals surface area (Å²) < 4.78 is 12.7. The third-order valence-electron chi connectivity index (χ3n) is 2.07. The summed E-state index contributed by atoms with van der Waals surface area (Å²) in [4.78, 5) is 23.6. The molecule has 2 N–H and O–H groups in total. The van der Waals surface area contributed by atoms with Gasteiger partial charge in [0.25, 0.3) is 0 Å². The molecule has 1 aromatic rings. The Labute approximate surface area is 109 Å². The van der Waals surface area contributed by atoms with Gasteiger partial charge in [0.05, 0.1) is 5.25 Å². The average Bonchev–Trinajstić information content (AvgIpc) is 2.32. The average molecular weight is 270 g/mol. The molecule has 1 rings (SSSR count). The van der Waals surface area contributed by atoms with Gasteiger partial charge in [-0.05, 0) is 38.1 Å². The van der Waals surface area contributed by atoms with Crippen molar-refractivity contribution in [2.24, 2.45) is 0 Å². The molecule has 3 amide bonds. The number of imide groups is 1. The monoisotopic (exact) mass is 270 g/mol. The predicted octanol–water partition coefficient (Wildman–Crippen LogP) is 2.15. The normalized spacial score (nSPS) is 11.7. The van der Waals surface area contributed by atoms with Crippen molar-refractivity contribution < 1.29 is 14.0 Å². The molecule has 18 heavy (non-hydrogen) atoms. The van der Waals surface area contributed by atoms with Crippen LogP contribution in [0.4, 0.5) is 9.18 Å². The van der Waals surface area contributed by atoms with Crippen LogP contribution in [-0.4, -0.2) is 23.7 Å². The highest BCUT2D eigenvalue weighted by Gasteiger charge is 2.16. The fourth-order valence-electron chi connectivity index (χ4n) is 1.19. The number of thioether (sulfide) groups is 1. The Morgan fingerprint density at radius 1 is 1.33 bits per heavy atom. The Balaban J connectivity index is 2.49. The van der Waals surface area contributed by atoms with Crippen LogP contribution in [0.3, 0.4) is 0 Å². The Morgan fingerprint density at radius 3 is 2.50 bits per heavy atom.